The molecular formula is C24H32N2O6S. The summed E-state index contributed by atoms with van der Waals surface area (Å²) in [7, 11) is -1.62. The molecule has 2 saturated heterocycles. The predicted molar refractivity (Wildman–Crippen MR) is 125 cm³/mol. The molecule has 2 aromatic rings. The zero-order valence-corrected chi connectivity index (χ0v) is 20.1. The van der Waals surface area contributed by atoms with Gasteiger partial charge in [-0.05, 0) is 50.8 Å². The number of nitrogens with zero attached hydrogens (tertiary/aromatic N) is 2. The number of methoxy groups -OCH3 is 1. The highest BCUT2D eigenvalue weighted by molar-refractivity contribution is 7.91. The number of furan rings is 1. The maximum Gasteiger partial charge on any atom is 0.264 e. The lowest BCUT2D eigenvalue weighted by Gasteiger charge is -2.30. The first-order valence-electron chi connectivity index (χ1n) is 11.5. The Balaban J connectivity index is 1.52. The minimum absolute atomic E-state index is 0.0419. The molecule has 0 bridgehead atoms. The summed E-state index contributed by atoms with van der Waals surface area (Å²) >= 11 is 0. The molecule has 2 aliphatic rings. The number of hydrogen-bond donors (Lipinski definition) is 0. The van der Waals surface area contributed by atoms with E-state index in [-0.39, 0.29) is 24.0 Å². The summed E-state index contributed by atoms with van der Waals surface area (Å²) in [5.74, 6) is 2.20. The van der Waals surface area contributed by atoms with Gasteiger partial charge in [-0.15, -0.1) is 0 Å². The number of para-hydroxylation sites is 2. The van der Waals surface area contributed by atoms with Crippen LogP contribution < -0.4 is 14.4 Å². The van der Waals surface area contributed by atoms with Crippen LogP contribution >= 0.6 is 0 Å². The van der Waals surface area contributed by atoms with Gasteiger partial charge in [0.1, 0.15) is 5.76 Å². The van der Waals surface area contributed by atoms with E-state index < -0.39 is 22.0 Å². The smallest absolute Gasteiger partial charge is 0.264 e. The summed E-state index contributed by atoms with van der Waals surface area (Å²) in [5.41, 5.74) is 0. The number of piperidine rings is 1. The number of anilines is 1. The van der Waals surface area contributed by atoms with Crippen molar-refractivity contribution >= 4 is 21.6 Å². The highest BCUT2D eigenvalue weighted by Gasteiger charge is 2.37. The Morgan fingerprint density at radius 3 is 2.55 bits per heavy atom. The average molecular weight is 477 g/mol. The standard InChI is InChI=1S/C24H32N2O6S/c1-18(31-22-9-5-4-8-21(22)30-2)24(27)26(19-12-15-33(28,29)17-19)16-20-10-11-23(32-20)25-13-6-3-7-14-25/h4-5,8-11,18-19H,3,6-7,12-17H2,1-2H3. The van der Waals surface area contributed by atoms with Crippen LogP contribution in [0.5, 0.6) is 11.5 Å². The van der Waals surface area contributed by atoms with Gasteiger partial charge in [0.2, 0.25) is 0 Å². The molecule has 0 radical (unpaired) electrons. The fourth-order valence-corrected chi connectivity index (χ4v) is 6.23. The molecule has 0 spiro atoms. The molecule has 2 fully saturated rings. The minimum atomic E-state index is -3.17. The summed E-state index contributed by atoms with van der Waals surface area (Å²) < 4.78 is 41.6. The van der Waals surface area contributed by atoms with Crippen LogP contribution in [-0.2, 0) is 21.2 Å². The van der Waals surface area contributed by atoms with Crippen LogP contribution in [0.1, 0.15) is 38.4 Å². The summed E-state index contributed by atoms with van der Waals surface area (Å²) in [4.78, 5) is 17.3. The summed E-state index contributed by atoms with van der Waals surface area (Å²) in [5, 5.41) is 0. The Morgan fingerprint density at radius 2 is 1.88 bits per heavy atom. The minimum Gasteiger partial charge on any atom is -0.493 e. The zero-order valence-electron chi connectivity index (χ0n) is 19.2. The van der Waals surface area contributed by atoms with Gasteiger partial charge in [-0.25, -0.2) is 8.42 Å². The van der Waals surface area contributed by atoms with Crippen LogP contribution in [0.15, 0.2) is 40.8 Å². The van der Waals surface area contributed by atoms with Crippen molar-refractivity contribution in [2.24, 2.45) is 0 Å². The van der Waals surface area contributed by atoms with Crippen LogP contribution in [0.4, 0.5) is 5.88 Å². The second kappa shape index (κ2) is 10.1. The van der Waals surface area contributed by atoms with Crippen molar-refractivity contribution in [3.05, 3.63) is 42.2 Å². The lowest BCUT2D eigenvalue weighted by molar-refractivity contribution is -0.141. The number of carbonyl (C=O) groups is 1. The van der Waals surface area contributed by atoms with Crippen molar-refractivity contribution in [2.75, 3.05) is 36.6 Å². The van der Waals surface area contributed by atoms with Gasteiger partial charge in [0.05, 0.1) is 25.2 Å². The number of sulfone groups is 1. The van der Waals surface area contributed by atoms with E-state index in [1.165, 1.54) is 6.42 Å². The molecule has 1 amide bonds. The van der Waals surface area contributed by atoms with Gasteiger partial charge in [-0.2, -0.15) is 0 Å². The Hall–Kier alpha value is -2.68. The third kappa shape index (κ3) is 5.63. The molecule has 9 heteroatoms. The van der Waals surface area contributed by atoms with Gasteiger partial charge in [0, 0.05) is 25.2 Å². The van der Waals surface area contributed by atoms with Crippen molar-refractivity contribution in [1.29, 1.82) is 0 Å². The van der Waals surface area contributed by atoms with E-state index in [4.69, 9.17) is 13.9 Å². The molecule has 0 aliphatic carbocycles. The second-order valence-electron chi connectivity index (χ2n) is 8.72. The quantitative estimate of drug-likeness (QED) is 0.578. The number of ether oxygens (including phenoxy) is 2. The van der Waals surface area contributed by atoms with Crippen LogP contribution in [0, 0.1) is 0 Å². The topological polar surface area (TPSA) is 89.3 Å². The van der Waals surface area contributed by atoms with E-state index in [1.807, 2.05) is 18.2 Å². The number of hydrogen-bond acceptors (Lipinski definition) is 7. The summed E-state index contributed by atoms with van der Waals surface area (Å²) in [6.07, 6.45) is 3.10. The average Bonchev–Trinajstić information content (AvgIpc) is 3.44. The number of benzene rings is 1. The molecule has 8 nitrogen and oxygen atoms in total. The lowest BCUT2D eigenvalue weighted by atomic mass is 10.1. The first kappa shape index (κ1) is 23.5. The fraction of sp³-hybridized carbons (Fsp3) is 0.542. The molecular weight excluding hydrogens is 444 g/mol. The van der Waals surface area contributed by atoms with E-state index in [0.717, 1.165) is 31.8 Å². The predicted octanol–water partition coefficient (Wildman–Crippen LogP) is 3.26. The van der Waals surface area contributed by atoms with Crippen molar-refractivity contribution < 1.29 is 27.1 Å². The fourth-order valence-electron chi connectivity index (χ4n) is 4.50. The maximum absolute atomic E-state index is 13.5. The summed E-state index contributed by atoms with van der Waals surface area (Å²) in [6, 6.07) is 10.5. The van der Waals surface area contributed by atoms with Gasteiger partial charge in [-0.3, -0.25) is 4.79 Å². The van der Waals surface area contributed by atoms with Gasteiger partial charge in [-0.1, -0.05) is 12.1 Å². The monoisotopic (exact) mass is 476 g/mol. The van der Waals surface area contributed by atoms with Crippen LogP contribution in [0.3, 0.4) is 0 Å². The number of amides is 1. The molecule has 3 heterocycles. The Bertz CT molecular complexity index is 1060. The molecule has 2 unspecified atom stereocenters. The van der Waals surface area contributed by atoms with E-state index in [0.29, 0.717) is 23.7 Å². The van der Waals surface area contributed by atoms with Crippen LogP contribution in [0.25, 0.3) is 0 Å². The second-order valence-corrected chi connectivity index (χ2v) is 11.0. The van der Waals surface area contributed by atoms with Gasteiger partial charge in [0.25, 0.3) is 5.91 Å². The highest BCUT2D eigenvalue weighted by Crippen LogP contribution is 2.29. The van der Waals surface area contributed by atoms with Gasteiger partial charge < -0.3 is 23.7 Å². The van der Waals surface area contributed by atoms with E-state index in [9.17, 15) is 13.2 Å². The Labute approximate surface area is 195 Å². The lowest BCUT2D eigenvalue weighted by Crippen LogP contribution is -2.46. The van der Waals surface area contributed by atoms with Crippen LogP contribution in [0.2, 0.25) is 0 Å². The molecule has 33 heavy (non-hydrogen) atoms. The first-order chi connectivity index (χ1) is 15.9. The Kier molecular flexibility index (Phi) is 7.17. The normalized spacial score (nSPS) is 20.9. The largest absolute Gasteiger partial charge is 0.493 e. The number of rotatable bonds is 8. The molecule has 0 N–H and O–H groups in total. The van der Waals surface area contributed by atoms with Crippen molar-refractivity contribution in [2.45, 2.75) is 51.3 Å². The molecule has 180 valence electrons. The molecule has 2 aliphatic heterocycles. The SMILES string of the molecule is COc1ccccc1OC(C)C(=O)N(Cc1ccc(N2CCCCC2)o1)C1CCS(=O)(=O)C1. The Morgan fingerprint density at radius 1 is 1.15 bits per heavy atom. The molecule has 1 aromatic heterocycles. The maximum atomic E-state index is 13.5. The van der Waals surface area contributed by atoms with Crippen LogP contribution in [-0.4, -0.2) is 63.1 Å². The molecule has 4 rings (SSSR count). The third-order valence-corrected chi connectivity index (χ3v) is 8.04. The first-order valence-corrected chi connectivity index (χ1v) is 13.3. The third-order valence-electron chi connectivity index (χ3n) is 6.29. The van der Waals surface area contributed by atoms with Gasteiger partial charge >= 0.3 is 0 Å². The van der Waals surface area contributed by atoms with Gasteiger partial charge in [0.15, 0.2) is 33.3 Å². The molecule has 2 atom stereocenters. The highest BCUT2D eigenvalue weighted by atomic mass is 32.2. The van der Waals surface area contributed by atoms with E-state index >= 15 is 0 Å². The number of carbonyl (C=O) groups excluding carboxylic acids is 1. The summed E-state index contributed by atoms with van der Waals surface area (Å²) in [6.45, 7) is 3.79. The van der Waals surface area contributed by atoms with E-state index in [1.54, 1.807) is 37.1 Å². The van der Waals surface area contributed by atoms with Crippen molar-refractivity contribution in [1.82, 2.24) is 4.90 Å². The van der Waals surface area contributed by atoms with E-state index in [2.05, 4.69) is 4.90 Å². The molecule has 1 aromatic carbocycles. The zero-order chi connectivity index (χ0) is 23.4. The van der Waals surface area contributed by atoms with Crippen molar-refractivity contribution in [3.8, 4) is 11.5 Å². The van der Waals surface area contributed by atoms with Crippen molar-refractivity contribution in [3.63, 3.8) is 0 Å². The molecule has 0 saturated carbocycles.